The molecule has 0 saturated carbocycles. The van der Waals surface area contributed by atoms with Gasteiger partial charge in [-0.05, 0) is 170 Å². The third-order valence-corrected chi connectivity index (χ3v) is 16.7. The topological polar surface area (TPSA) is 3.24 Å². The molecule has 1 heteroatoms. The lowest BCUT2D eigenvalue weighted by atomic mass is 9.70. The van der Waals surface area contributed by atoms with Gasteiger partial charge in [-0.3, -0.25) is 0 Å². The van der Waals surface area contributed by atoms with Gasteiger partial charge in [-0.15, -0.1) is 0 Å². The maximum atomic E-state index is 2.54. The van der Waals surface area contributed by atoms with E-state index in [0.29, 0.717) is 0 Å². The molecule has 4 aliphatic carbocycles. The fourth-order valence-corrected chi connectivity index (χ4v) is 13.9. The van der Waals surface area contributed by atoms with Gasteiger partial charge in [0.2, 0.25) is 0 Å². The van der Waals surface area contributed by atoms with Gasteiger partial charge in [-0.25, -0.2) is 0 Å². The molecule has 0 radical (unpaired) electrons. The van der Waals surface area contributed by atoms with E-state index in [1.165, 1.54) is 122 Å². The van der Waals surface area contributed by atoms with E-state index in [1.807, 2.05) is 0 Å². The van der Waals surface area contributed by atoms with Crippen LogP contribution in [0.2, 0.25) is 0 Å². The molecular formula is C70H43N. The lowest BCUT2D eigenvalue weighted by Crippen LogP contribution is -2.26. The zero-order valence-electron chi connectivity index (χ0n) is 38.8. The van der Waals surface area contributed by atoms with Crippen molar-refractivity contribution in [2.45, 2.75) is 10.8 Å². The van der Waals surface area contributed by atoms with Crippen LogP contribution in [0.15, 0.2) is 261 Å². The van der Waals surface area contributed by atoms with Crippen LogP contribution in [0.25, 0.3) is 77.2 Å². The Morgan fingerprint density at radius 2 is 0.648 bits per heavy atom. The monoisotopic (exact) mass is 897 g/mol. The van der Waals surface area contributed by atoms with Gasteiger partial charge in [0.05, 0.1) is 10.8 Å². The molecule has 0 fully saturated rings. The van der Waals surface area contributed by atoms with Gasteiger partial charge in [0.15, 0.2) is 0 Å². The maximum Gasteiger partial charge on any atom is 0.0726 e. The number of fused-ring (bicyclic) bond motifs is 23. The Bertz CT molecular complexity index is 4140. The molecule has 2 spiro atoms. The Hall–Kier alpha value is -9.04. The Kier molecular flexibility index (Phi) is 7.81. The number of anilines is 3. The zero-order chi connectivity index (χ0) is 46.4. The minimum Gasteiger partial charge on any atom is -0.310 e. The first-order valence-corrected chi connectivity index (χ1v) is 24.9. The highest BCUT2D eigenvalue weighted by Crippen LogP contribution is 2.66. The molecular weight excluding hydrogens is 855 g/mol. The van der Waals surface area contributed by atoms with E-state index < -0.39 is 10.8 Å². The maximum absolute atomic E-state index is 2.54. The van der Waals surface area contributed by atoms with E-state index in [9.17, 15) is 0 Å². The van der Waals surface area contributed by atoms with Gasteiger partial charge >= 0.3 is 0 Å². The Balaban J connectivity index is 0.982. The van der Waals surface area contributed by atoms with Crippen LogP contribution in [0, 0.1) is 0 Å². The third-order valence-electron chi connectivity index (χ3n) is 16.7. The van der Waals surface area contributed by atoms with Crippen LogP contribution in [-0.4, -0.2) is 0 Å². The van der Waals surface area contributed by atoms with Crippen molar-refractivity contribution in [2.24, 2.45) is 0 Å². The first-order chi connectivity index (χ1) is 35.2. The molecule has 0 aromatic heterocycles. The summed E-state index contributed by atoms with van der Waals surface area (Å²) in [6.07, 6.45) is 0. The van der Waals surface area contributed by atoms with Crippen LogP contribution in [0.1, 0.15) is 44.5 Å². The molecule has 0 bridgehead atoms. The van der Waals surface area contributed by atoms with Crippen LogP contribution in [-0.2, 0) is 10.8 Å². The first-order valence-electron chi connectivity index (χ1n) is 24.9. The van der Waals surface area contributed by atoms with Crippen molar-refractivity contribution in [1.29, 1.82) is 0 Å². The summed E-state index contributed by atoms with van der Waals surface area (Å²) in [6, 6.07) is 98.7. The predicted octanol–water partition coefficient (Wildman–Crippen LogP) is 17.8. The summed E-state index contributed by atoms with van der Waals surface area (Å²) in [6.45, 7) is 0. The molecule has 0 heterocycles. The summed E-state index contributed by atoms with van der Waals surface area (Å²) in [4.78, 5) is 2.52. The van der Waals surface area contributed by atoms with E-state index >= 15 is 0 Å². The van der Waals surface area contributed by atoms with Gasteiger partial charge < -0.3 is 4.90 Å². The Morgan fingerprint density at radius 3 is 1.25 bits per heavy atom. The summed E-state index contributed by atoms with van der Waals surface area (Å²) >= 11 is 0. The second-order valence-corrected chi connectivity index (χ2v) is 19.8. The molecule has 328 valence electrons. The van der Waals surface area contributed by atoms with Gasteiger partial charge in [0.1, 0.15) is 0 Å². The van der Waals surface area contributed by atoms with E-state index in [-0.39, 0.29) is 0 Å². The number of nitrogens with zero attached hydrogens (tertiary/aromatic N) is 1. The highest BCUT2D eigenvalue weighted by atomic mass is 15.1. The zero-order valence-corrected chi connectivity index (χ0v) is 38.8. The summed E-state index contributed by atoms with van der Waals surface area (Å²) in [7, 11) is 0. The minimum atomic E-state index is -0.511. The van der Waals surface area contributed by atoms with Crippen LogP contribution < -0.4 is 4.90 Å². The normalized spacial score (nSPS) is 14.1. The molecule has 71 heavy (non-hydrogen) atoms. The molecule has 0 aliphatic heterocycles. The van der Waals surface area contributed by atoms with Crippen molar-refractivity contribution >= 4 is 38.6 Å². The fraction of sp³-hybridized carbons (Fsp3) is 0.0286. The third kappa shape index (κ3) is 5.00. The molecule has 4 aliphatic rings. The van der Waals surface area contributed by atoms with Crippen molar-refractivity contribution in [3.05, 3.63) is 305 Å². The van der Waals surface area contributed by atoms with Gasteiger partial charge in [-0.2, -0.15) is 0 Å². The molecule has 12 aromatic carbocycles. The average molecular weight is 898 g/mol. The van der Waals surface area contributed by atoms with E-state index in [0.717, 1.165) is 17.1 Å². The fourth-order valence-electron chi connectivity index (χ4n) is 13.9. The molecule has 12 aromatic rings. The molecule has 1 nitrogen and oxygen atoms in total. The second-order valence-electron chi connectivity index (χ2n) is 19.8. The van der Waals surface area contributed by atoms with Crippen molar-refractivity contribution in [3.63, 3.8) is 0 Å². The Morgan fingerprint density at radius 1 is 0.225 bits per heavy atom. The molecule has 0 saturated heterocycles. The highest BCUT2D eigenvalue weighted by Gasteiger charge is 2.54. The highest BCUT2D eigenvalue weighted by molar-refractivity contribution is 6.07. The molecule has 0 atom stereocenters. The largest absolute Gasteiger partial charge is 0.310 e. The Labute approximate surface area is 413 Å². The molecule has 0 amide bonds. The van der Waals surface area contributed by atoms with Gasteiger partial charge in [0.25, 0.3) is 0 Å². The number of benzene rings is 12. The van der Waals surface area contributed by atoms with Crippen LogP contribution in [0.5, 0.6) is 0 Å². The minimum absolute atomic E-state index is 0.510. The number of hydrogen-bond acceptors (Lipinski definition) is 1. The smallest absolute Gasteiger partial charge is 0.0726 e. The number of hydrogen-bond donors (Lipinski definition) is 0. The summed E-state index contributed by atoms with van der Waals surface area (Å²) in [5.74, 6) is 0. The molecule has 0 unspecified atom stereocenters. The second kappa shape index (κ2) is 14.3. The lowest BCUT2D eigenvalue weighted by molar-refractivity contribution is 0.793. The van der Waals surface area contributed by atoms with Crippen molar-refractivity contribution in [1.82, 2.24) is 0 Å². The van der Waals surface area contributed by atoms with E-state index in [1.54, 1.807) is 0 Å². The van der Waals surface area contributed by atoms with Crippen molar-refractivity contribution in [2.75, 3.05) is 4.90 Å². The van der Waals surface area contributed by atoms with E-state index in [2.05, 4.69) is 266 Å². The first kappa shape index (κ1) is 38.9. The van der Waals surface area contributed by atoms with Gasteiger partial charge in [-0.1, -0.05) is 212 Å². The molecule has 0 N–H and O–H groups in total. The van der Waals surface area contributed by atoms with Crippen LogP contribution in [0.3, 0.4) is 0 Å². The van der Waals surface area contributed by atoms with Crippen LogP contribution in [0.4, 0.5) is 17.1 Å². The van der Waals surface area contributed by atoms with E-state index in [4.69, 9.17) is 0 Å². The molecule has 16 rings (SSSR count). The standard InChI is InChI=1S/C70H43N/c1-2-16-44(17-3-1)45-30-33-49(34-31-45)71(50-35-37-57-59-40-47-19-4-5-20-48(47)41-65(59)70(66(57)42-50)62-28-14-10-24-55(62)56-25-11-15-29-63(56)70)51-36-38-58-67(43-51)69(64-39-32-46-18-6-7-21-52(46)68(58)64)60-26-12-8-22-53(60)54-23-9-13-27-61(54)69/h1-43H. The average Bonchev–Trinajstić information content (AvgIpc) is 4.12. The van der Waals surface area contributed by atoms with Crippen molar-refractivity contribution in [3.8, 4) is 55.6 Å². The van der Waals surface area contributed by atoms with Gasteiger partial charge in [0, 0.05) is 17.1 Å². The predicted molar refractivity (Wildman–Crippen MR) is 294 cm³/mol. The quantitative estimate of drug-likeness (QED) is 0.170. The summed E-state index contributed by atoms with van der Waals surface area (Å²) in [5, 5.41) is 5.07. The summed E-state index contributed by atoms with van der Waals surface area (Å²) < 4.78 is 0. The number of rotatable bonds is 4. The lowest BCUT2D eigenvalue weighted by Gasteiger charge is -2.33. The van der Waals surface area contributed by atoms with Crippen LogP contribution >= 0.6 is 0 Å². The summed E-state index contributed by atoms with van der Waals surface area (Å²) in [5.41, 5.74) is 25.9. The SMILES string of the molecule is c1ccc(-c2ccc(N(c3ccc4c(c3)C3(c5ccccc5-c5ccccc53)c3cc5ccccc5cc3-4)c3ccc4c(c3)C3(c5ccccc5-c5ccccc53)c3ccc5ccccc5c3-4)cc2)cc1. The van der Waals surface area contributed by atoms with Crippen molar-refractivity contribution < 1.29 is 0 Å².